The van der Waals surface area contributed by atoms with Crippen LogP contribution in [0.2, 0.25) is 5.02 Å². The standard InChI is InChI=1S/C22H22ClNO5S/c1-3-28-22(25)20-11-16-10-18(23)21(29-13-15-6-7-15)12-19(16)24(20)30(26,27)17-8-4-14(2)5-9-17/h4-5,8-12,15H,3,6-7,13H2,1-2H3. The molecule has 0 bridgehead atoms. The lowest BCUT2D eigenvalue weighted by atomic mass is 10.2. The zero-order valence-corrected chi connectivity index (χ0v) is 18.3. The quantitative estimate of drug-likeness (QED) is 0.486. The van der Waals surface area contributed by atoms with Crippen LogP contribution in [-0.2, 0) is 14.8 Å². The predicted molar refractivity (Wildman–Crippen MR) is 115 cm³/mol. The van der Waals surface area contributed by atoms with E-state index in [0.29, 0.717) is 34.2 Å². The molecular formula is C22H22ClNO5S. The first-order valence-corrected chi connectivity index (χ1v) is 11.6. The highest BCUT2D eigenvalue weighted by Crippen LogP contribution is 2.36. The van der Waals surface area contributed by atoms with Crippen molar-refractivity contribution in [2.24, 2.45) is 5.92 Å². The van der Waals surface area contributed by atoms with Crippen molar-refractivity contribution in [3.8, 4) is 5.75 Å². The highest BCUT2D eigenvalue weighted by atomic mass is 35.5. The van der Waals surface area contributed by atoms with Gasteiger partial charge in [-0.15, -0.1) is 0 Å². The highest BCUT2D eigenvalue weighted by molar-refractivity contribution is 7.90. The van der Waals surface area contributed by atoms with Crippen molar-refractivity contribution in [1.82, 2.24) is 3.97 Å². The Labute approximate surface area is 180 Å². The Morgan fingerprint density at radius 1 is 1.17 bits per heavy atom. The zero-order chi connectivity index (χ0) is 21.5. The van der Waals surface area contributed by atoms with Crippen molar-refractivity contribution in [2.45, 2.75) is 31.6 Å². The summed E-state index contributed by atoms with van der Waals surface area (Å²) in [6.45, 7) is 4.19. The number of benzene rings is 2. The van der Waals surface area contributed by atoms with Gasteiger partial charge in [-0.25, -0.2) is 17.2 Å². The van der Waals surface area contributed by atoms with E-state index in [9.17, 15) is 13.2 Å². The Morgan fingerprint density at radius 2 is 1.87 bits per heavy atom. The Kier molecular flexibility index (Phi) is 5.51. The molecule has 0 atom stereocenters. The van der Waals surface area contributed by atoms with Gasteiger partial charge in [-0.05, 0) is 56.9 Å². The summed E-state index contributed by atoms with van der Waals surface area (Å²) in [7, 11) is -4.06. The fourth-order valence-corrected chi connectivity index (χ4v) is 4.93. The summed E-state index contributed by atoms with van der Waals surface area (Å²) in [6.07, 6.45) is 2.23. The fourth-order valence-electron chi connectivity index (χ4n) is 3.21. The summed E-state index contributed by atoms with van der Waals surface area (Å²) in [6, 6.07) is 11.1. The second kappa shape index (κ2) is 7.96. The lowest BCUT2D eigenvalue weighted by Gasteiger charge is -2.13. The van der Waals surface area contributed by atoms with E-state index < -0.39 is 16.0 Å². The summed E-state index contributed by atoms with van der Waals surface area (Å²) in [5.74, 6) is 0.181. The minimum absolute atomic E-state index is 0.0755. The molecule has 0 N–H and O–H groups in total. The molecule has 8 heteroatoms. The van der Waals surface area contributed by atoms with E-state index in [0.717, 1.165) is 22.4 Å². The minimum Gasteiger partial charge on any atom is -0.492 e. The first-order chi connectivity index (χ1) is 14.3. The smallest absolute Gasteiger partial charge is 0.356 e. The van der Waals surface area contributed by atoms with E-state index in [-0.39, 0.29) is 17.2 Å². The average molecular weight is 448 g/mol. The molecule has 30 heavy (non-hydrogen) atoms. The van der Waals surface area contributed by atoms with Gasteiger partial charge in [0, 0.05) is 11.5 Å². The molecule has 158 valence electrons. The third-order valence-electron chi connectivity index (χ3n) is 5.03. The summed E-state index contributed by atoms with van der Waals surface area (Å²) in [5.41, 5.74) is 1.16. The molecule has 1 aromatic heterocycles. The van der Waals surface area contributed by atoms with Gasteiger partial charge in [-0.1, -0.05) is 29.3 Å². The number of rotatable bonds is 7. The van der Waals surface area contributed by atoms with Crippen LogP contribution in [-0.4, -0.2) is 31.6 Å². The van der Waals surface area contributed by atoms with E-state index in [1.807, 2.05) is 6.92 Å². The Morgan fingerprint density at radius 3 is 2.50 bits per heavy atom. The highest BCUT2D eigenvalue weighted by Gasteiger charge is 2.28. The third kappa shape index (κ3) is 3.91. The first-order valence-electron chi connectivity index (χ1n) is 9.78. The van der Waals surface area contributed by atoms with Crippen LogP contribution in [0.4, 0.5) is 0 Å². The van der Waals surface area contributed by atoms with E-state index in [4.69, 9.17) is 21.1 Å². The average Bonchev–Trinajstić information content (AvgIpc) is 3.45. The molecular weight excluding hydrogens is 426 g/mol. The van der Waals surface area contributed by atoms with Crippen LogP contribution in [0.5, 0.6) is 5.75 Å². The molecule has 1 fully saturated rings. The van der Waals surface area contributed by atoms with Crippen LogP contribution < -0.4 is 4.74 Å². The number of aryl methyl sites for hydroxylation is 1. The molecule has 6 nitrogen and oxygen atoms in total. The van der Waals surface area contributed by atoms with Gasteiger partial charge in [0.15, 0.2) is 0 Å². The van der Waals surface area contributed by atoms with E-state index in [1.54, 1.807) is 31.2 Å². The maximum Gasteiger partial charge on any atom is 0.356 e. The van der Waals surface area contributed by atoms with Gasteiger partial charge in [-0.3, -0.25) is 0 Å². The van der Waals surface area contributed by atoms with Crippen molar-refractivity contribution in [3.63, 3.8) is 0 Å². The number of carbonyl (C=O) groups is 1. The topological polar surface area (TPSA) is 74.6 Å². The van der Waals surface area contributed by atoms with Crippen LogP contribution in [0.25, 0.3) is 10.9 Å². The number of carbonyl (C=O) groups excluding carboxylic acids is 1. The Hall–Kier alpha value is -2.51. The van der Waals surface area contributed by atoms with Crippen LogP contribution in [0.3, 0.4) is 0 Å². The van der Waals surface area contributed by atoms with Crippen molar-refractivity contribution in [2.75, 3.05) is 13.2 Å². The number of aromatic nitrogens is 1. The molecule has 0 radical (unpaired) electrons. The van der Waals surface area contributed by atoms with Crippen molar-refractivity contribution < 1.29 is 22.7 Å². The molecule has 1 aliphatic rings. The molecule has 1 aliphatic carbocycles. The molecule has 0 spiro atoms. The van der Waals surface area contributed by atoms with Crippen LogP contribution in [0, 0.1) is 12.8 Å². The lowest BCUT2D eigenvalue weighted by Crippen LogP contribution is -2.20. The van der Waals surface area contributed by atoms with Gasteiger partial charge in [0.1, 0.15) is 11.4 Å². The number of hydrogen-bond donors (Lipinski definition) is 0. The van der Waals surface area contributed by atoms with Crippen molar-refractivity contribution >= 4 is 38.5 Å². The third-order valence-corrected chi connectivity index (χ3v) is 7.06. The molecule has 0 amide bonds. The summed E-state index contributed by atoms with van der Waals surface area (Å²) in [5, 5.41) is 0.876. The molecule has 4 rings (SSSR count). The number of fused-ring (bicyclic) bond motifs is 1. The second-order valence-electron chi connectivity index (χ2n) is 7.43. The van der Waals surface area contributed by atoms with Gasteiger partial charge in [-0.2, -0.15) is 0 Å². The predicted octanol–water partition coefficient (Wildman–Crippen LogP) is 4.81. The first kappa shape index (κ1) is 20.8. The Balaban J connectivity index is 1.91. The number of halogens is 1. The van der Waals surface area contributed by atoms with E-state index in [2.05, 4.69) is 0 Å². The van der Waals surface area contributed by atoms with Crippen LogP contribution in [0.15, 0.2) is 47.4 Å². The largest absolute Gasteiger partial charge is 0.492 e. The molecule has 3 aromatic rings. The lowest BCUT2D eigenvalue weighted by molar-refractivity contribution is 0.0518. The normalized spacial score (nSPS) is 14.1. The summed E-state index contributed by atoms with van der Waals surface area (Å²) >= 11 is 6.36. The monoisotopic (exact) mass is 447 g/mol. The molecule has 2 aromatic carbocycles. The van der Waals surface area contributed by atoms with E-state index >= 15 is 0 Å². The van der Waals surface area contributed by atoms with Crippen LogP contribution in [0.1, 0.15) is 35.8 Å². The minimum atomic E-state index is -4.06. The molecule has 0 unspecified atom stereocenters. The second-order valence-corrected chi connectivity index (χ2v) is 9.62. The van der Waals surface area contributed by atoms with Gasteiger partial charge >= 0.3 is 5.97 Å². The molecule has 1 heterocycles. The van der Waals surface area contributed by atoms with Crippen molar-refractivity contribution in [1.29, 1.82) is 0 Å². The number of hydrogen-bond acceptors (Lipinski definition) is 5. The van der Waals surface area contributed by atoms with Gasteiger partial charge < -0.3 is 9.47 Å². The number of ether oxygens (including phenoxy) is 2. The SMILES string of the molecule is CCOC(=O)c1cc2cc(Cl)c(OCC3CC3)cc2n1S(=O)(=O)c1ccc(C)cc1. The van der Waals surface area contributed by atoms with Crippen molar-refractivity contribution in [3.05, 3.63) is 58.7 Å². The van der Waals surface area contributed by atoms with Gasteiger partial charge in [0.05, 0.1) is 28.6 Å². The van der Waals surface area contributed by atoms with E-state index in [1.165, 1.54) is 18.2 Å². The number of nitrogens with zero attached hydrogens (tertiary/aromatic N) is 1. The maximum absolute atomic E-state index is 13.5. The maximum atomic E-state index is 13.5. The zero-order valence-electron chi connectivity index (χ0n) is 16.7. The van der Waals surface area contributed by atoms with Crippen LogP contribution >= 0.6 is 11.6 Å². The van der Waals surface area contributed by atoms with Gasteiger partial charge in [0.2, 0.25) is 0 Å². The summed E-state index contributed by atoms with van der Waals surface area (Å²) < 4.78 is 39.0. The fraction of sp³-hybridized carbons (Fsp3) is 0.318. The van der Waals surface area contributed by atoms with Gasteiger partial charge in [0.25, 0.3) is 10.0 Å². The molecule has 0 saturated heterocycles. The molecule has 1 saturated carbocycles. The Bertz CT molecular complexity index is 1210. The summed E-state index contributed by atoms with van der Waals surface area (Å²) in [4.78, 5) is 12.7. The molecule has 0 aliphatic heterocycles. The number of esters is 1.